The standard InChI is InChI=1S/C21H18N2O4/c24-20(23-17-11-13-27-18-5-2-1-4-16(17)18)14-7-9-15(10-8-14)22-21(25)19-6-3-12-26-19/h1-10,12,17H,11,13H2,(H,22,25)(H,23,24)/t17-/m1/s1. The molecule has 136 valence electrons. The van der Waals surface area contributed by atoms with Crippen molar-refractivity contribution in [1.82, 2.24) is 5.32 Å². The van der Waals surface area contributed by atoms with Crippen LogP contribution in [0.4, 0.5) is 5.69 Å². The number of nitrogens with one attached hydrogen (secondary N) is 2. The van der Waals surface area contributed by atoms with Gasteiger partial charge in [-0.1, -0.05) is 18.2 Å². The fraction of sp³-hybridized carbons (Fsp3) is 0.143. The highest BCUT2D eigenvalue weighted by molar-refractivity contribution is 6.02. The first-order chi connectivity index (χ1) is 13.2. The summed E-state index contributed by atoms with van der Waals surface area (Å²) in [6, 6.07) is 17.6. The molecule has 1 aromatic heterocycles. The minimum Gasteiger partial charge on any atom is -0.493 e. The van der Waals surface area contributed by atoms with E-state index in [0.29, 0.717) is 17.9 Å². The highest BCUT2D eigenvalue weighted by Gasteiger charge is 2.23. The summed E-state index contributed by atoms with van der Waals surface area (Å²) in [7, 11) is 0. The van der Waals surface area contributed by atoms with Gasteiger partial charge in [0.1, 0.15) is 5.75 Å². The van der Waals surface area contributed by atoms with Crippen molar-refractivity contribution in [3.05, 3.63) is 83.8 Å². The van der Waals surface area contributed by atoms with Crippen LogP contribution in [0, 0.1) is 0 Å². The molecule has 0 bridgehead atoms. The molecule has 0 saturated carbocycles. The summed E-state index contributed by atoms with van der Waals surface area (Å²) >= 11 is 0. The van der Waals surface area contributed by atoms with Gasteiger partial charge in [0.15, 0.2) is 5.76 Å². The molecule has 27 heavy (non-hydrogen) atoms. The molecule has 0 radical (unpaired) electrons. The van der Waals surface area contributed by atoms with E-state index < -0.39 is 0 Å². The molecule has 1 aliphatic heterocycles. The number of anilines is 1. The third-order valence-electron chi connectivity index (χ3n) is 4.41. The van der Waals surface area contributed by atoms with Crippen molar-refractivity contribution in [2.24, 2.45) is 0 Å². The molecular formula is C21H18N2O4. The molecule has 4 rings (SSSR count). The number of para-hydroxylation sites is 1. The van der Waals surface area contributed by atoms with Gasteiger partial charge in [-0.25, -0.2) is 0 Å². The van der Waals surface area contributed by atoms with Crippen LogP contribution in [-0.4, -0.2) is 18.4 Å². The summed E-state index contributed by atoms with van der Waals surface area (Å²) in [5, 5.41) is 5.78. The number of carbonyl (C=O) groups is 2. The van der Waals surface area contributed by atoms with Gasteiger partial charge < -0.3 is 19.8 Å². The minimum absolute atomic E-state index is 0.0826. The number of ether oxygens (including phenoxy) is 1. The largest absolute Gasteiger partial charge is 0.493 e. The number of hydrogen-bond donors (Lipinski definition) is 2. The van der Waals surface area contributed by atoms with E-state index in [1.165, 1.54) is 6.26 Å². The van der Waals surface area contributed by atoms with E-state index >= 15 is 0 Å². The third kappa shape index (κ3) is 3.69. The molecule has 0 saturated heterocycles. The van der Waals surface area contributed by atoms with E-state index in [1.807, 2.05) is 24.3 Å². The molecule has 2 amide bonds. The van der Waals surface area contributed by atoms with Crippen molar-refractivity contribution in [3.8, 4) is 5.75 Å². The molecule has 1 atom stereocenters. The van der Waals surface area contributed by atoms with Crippen molar-refractivity contribution >= 4 is 17.5 Å². The molecule has 2 heterocycles. The molecule has 1 aliphatic rings. The van der Waals surface area contributed by atoms with Gasteiger partial charge in [-0.3, -0.25) is 9.59 Å². The molecule has 0 unspecified atom stereocenters. The Morgan fingerprint density at radius 3 is 2.52 bits per heavy atom. The normalized spacial score (nSPS) is 15.3. The molecule has 2 N–H and O–H groups in total. The van der Waals surface area contributed by atoms with Gasteiger partial charge in [-0.05, 0) is 42.5 Å². The smallest absolute Gasteiger partial charge is 0.291 e. The van der Waals surface area contributed by atoms with Crippen LogP contribution in [0.25, 0.3) is 0 Å². The average Bonchev–Trinajstić information content (AvgIpc) is 3.24. The van der Waals surface area contributed by atoms with Crippen LogP contribution >= 0.6 is 0 Å². The fourth-order valence-electron chi connectivity index (χ4n) is 3.04. The summed E-state index contributed by atoms with van der Waals surface area (Å²) in [4.78, 5) is 24.6. The number of amides is 2. The predicted molar refractivity (Wildman–Crippen MR) is 99.9 cm³/mol. The summed E-state index contributed by atoms with van der Waals surface area (Å²) in [6.45, 7) is 0.569. The number of furan rings is 1. The van der Waals surface area contributed by atoms with Crippen LogP contribution in [0.1, 0.15) is 38.9 Å². The van der Waals surface area contributed by atoms with Crippen molar-refractivity contribution in [2.45, 2.75) is 12.5 Å². The van der Waals surface area contributed by atoms with Crippen molar-refractivity contribution in [1.29, 1.82) is 0 Å². The monoisotopic (exact) mass is 362 g/mol. The van der Waals surface area contributed by atoms with E-state index in [4.69, 9.17) is 9.15 Å². The number of benzene rings is 2. The van der Waals surface area contributed by atoms with E-state index in [1.54, 1.807) is 36.4 Å². The van der Waals surface area contributed by atoms with Gasteiger partial charge >= 0.3 is 0 Å². The summed E-state index contributed by atoms with van der Waals surface area (Å²) < 4.78 is 10.7. The predicted octanol–water partition coefficient (Wildman–Crippen LogP) is 3.79. The lowest BCUT2D eigenvalue weighted by Crippen LogP contribution is -2.32. The van der Waals surface area contributed by atoms with Crippen molar-refractivity contribution in [3.63, 3.8) is 0 Å². The highest BCUT2D eigenvalue weighted by Crippen LogP contribution is 2.31. The van der Waals surface area contributed by atoms with Gasteiger partial charge in [0.2, 0.25) is 0 Å². The lowest BCUT2D eigenvalue weighted by Gasteiger charge is -2.26. The molecular weight excluding hydrogens is 344 g/mol. The second-order valence-corrected chi connectivity index (χ2v) is 6.21. The zero-order valence-electron chi connectivity index (χ0n) is 14.5. The first kappa shape index (κ1) is 16.9. The Morgan fingerprint density at radius 1 is 0.926 bits per heavy atom. The van der Waals surface area contributed by atoms with E-state index in [-0.39, 0.29) is 23.6 Å². The average molecular weight is 362 g/mol. The fourth-order valence-corrected chi connectivity index (χ4v) is 3.04. The van der Waals surface area contributed by atoms with Crippen LogP contribution < -0.4 is 15.4 Å². The van der Waals surface area contributed by atoms with Gasteiger partial charge in [0, 0.05) is 23.2 Å². The highest BCUT2D eigenvalue weighted by atomic mass is 16.5. The Bertz CT molecular complexity index is 949. The molecule has 6 nitrogen and oxygen atoms in total. The maximum atomic E-state index is 12.6. The third-order valence-corrected chi connectivity index (χ3v) is 4.41. The Balaban J connectivity index is 1.42. The molecule has 6 heteroatoms. The SMILES string of the molecule is O=C(N[C@@H]1CCOc2ccccc21)c1ccc(NC(=O)c2ccco2)cc1. The quantitative estimate of drug-likeness (QED) is 0.740. The first-order valence-corrected chi connectivity index (χ1v) is 8.68. The Morgan fingerprint density at radius 2 is 1.74 bits per heavy atom. The van der Waals surface area contributed by atoms with Crippen LogP contribution in [0.3, 0.4) is 0 Å². The number of hydrogen-bond acceptors (Lipinski definition) is 4. The van der Waals surface area contributed by atoms with E-state index in [2.05, 4.69) is 10.6 Å². The Kier molecular flexibility index (Phi) is 4.61. The van der Waals surface area contributed by atoms with Gasteiger partial charge in [0.25, 0.3) is 11.8 Å². The van der Waals surface area contributed by atoms with Crippen LogP contribution in [-0.2, 0) is 0 Å². The Hall–Kier alpha value is -3.54. The van der Waals surface area contributed by atoms with Crippen LogP contribution in [0.15, 0.2) is 71.3 Å². The number of carbonyl (C=O) groups excluding carboxylic acids is 2. The number of fused-ring (bicyclic) bond motifs is 1. The van der Waals surface area contributed by atoms with Crippen LogP contribution in [0.5, 0.6) is 5.75 Å². The Labute approximate surface area is 156 Å². The van der Waals surface area contributed by atoms with Crippen molar-refractivity contribution in [2.75, 3.05) is 11.9 Å². The van der Waals surface area contributed by atoms with Crippen LogP contribution in [0.2, 0.25) is 0 Å². The molecule has 2 aromatic carbocycles. The van der Waals surface area contributed by atoms with E-state index in [9.17, 15) is 9.59 Å². The molecule has 0 spiro atoms. The van der Waals surface area contributed by atoms with Gasteiger partial charge in [0.05, 0.1) is 18.9 Å². The number of rotatable bonds is 4. The van der Waals surface area contributed by atoms with Gasteiger partial charge in [-0.15, -0.1) is 0 Å². The van der Waals surface area contributed by atoms with Crippen molar-refractivity contribution < 1.29 is 18.7 Å². The maximum Gasteiger partial charge on any atom is 0.291 e. The summed E-state index contributed by atoms with van der Waals surface area (Å²) in [6.07, 6.45) is 2.16. The zero-order chi connectivity index (χ0) is 18.6. The molecule has 3 aromatic rings. The second kappa shape index (κ2) is 7.37. The van der Waals surface area contributed by atoms with E-state index in [0.717, 1.165) is 17.7 Å². The maximum absolute atomic E-state index is 12.6. The summed E-state index contributed by atoms with van der Waals surface area (Å²) in [5.74, 6) is 0.539. The van der Waals surface area contributed by atoms with Gasteiger partial charge in [-0.2, -0.15) is 0 Å². The zero-order valence-corrected chi connectivity index (χ0v) is 14.5. The summed E-state index contributed by atoms with van der Waals surface area (Å²) in [5.41, 5.74) is 2.10. The lowest BCUT2D eigenvalue weighted by atomic mass is 10.00. The molecule has 0 aliphatic carbocycles. The molecule has 0 fully saturated rings. The first-order valence-electron chi connectivity index (χ1n) is 8.68. The second-order valence-electron chi connectivity index (χ2n) is 6.21. The topological polar surface area (TPSA) is 80.6 Å². The minimum atomic E-state index is -0.337. The lowest BCUT2D eigenvalue weighted by molar-refractivity contribution is 0.0924.